The maximum absolute atomic E-state index is 5.02. The first-order valence-corrected chi connectivity index (χ1v) is 17.3. The summed E-state index contributed by atoms with van der Waals surface area (Å²) in [7, 11) is 0. The summed E-state index contributed by atoms with van der Waals surface area (Å²) in [4.78, 5) is 14.9. The molecule has 0 bridgehead atoms. The van der Waals surface area contributed by atoms with Crippen molar-refractivity contribution in [2.45, 2.75) is 0 Å². The van der Waals surface area contributed by atoms with Crippen LogP contribution in [0.25, 0.3) is 97.8 Å². The predicted octanol–water partition coefficient (Wildman–Crippen LogP) is 12.4. The van der Waals surface area contributed by atoms with Crippen LogP contribution in [0, 0.1) is 0 Å². The molecule has 0 N–H and O–H groups in total. The summed E-state index contributed by atoms with van der Waals surface area (Å²) in [5.41, 5.74) is 5.31. The van der Waals surface area contributed by atoms with E-state index >= 15 is 0 Å². The molecule has 0 aliphatic heterocycles. The van der Waals surface area contributed by atoms with Gasteiger partial charge in [0.25, 0.3) is 0 Å². The number of thiophene rings is 1. The van der Waals surface area contributed by atoms with E-state index in [0.29, 0.717) is 17.5 Å². The van der Waals surface area contributed by atoms with Gasteiger partial charge < -0.3 is 0 Å². The molecule has 10 rings (SSSR count). The van der Waals surface area contributed by atoms with Crippen LogP contribution in [-0.2, 0) is 0 Å². The molecule has 3 nitrogen and oxygen atoms in total. The van der Waals surface area contributed by atoms with Crippen LogP contribution in [0.5, 0.6) is 0 Å². The maximum atomic E-state index is 5.02. The van der Waals surface area contributed by atoms with Crippen molar-refractivity contribution in [3.05, 3.63) is 164 Å². The highest BCUT2D eigenvalue weighted by molar-refractivity contribution is 7.25. The van der Waals surface area contributed by atoms with Gasteiger partial charge in [0.15, 0.2) is 17.5 Å². The van der Waals surface area contributed by atoms with Crippen LogP contribution in [-0.4, -0.2) is 15.0 Å². The van der Waals surface area contributed by atoms with Crippen LogP contribution in [0.15, 0.2) is 164 Å². The zero-order valence-corrected chi connectivity index (χ0v) is 27.2. The van der Waals surface area contributed by atoms with Crippen molar-refractivity contribution in [3.8, 4) is 45.3 Å². The molecule has 228 valence electrons. The Bertz CT molecular complexity index is 2820. The summed E-state index contributed by atoms with van der Waals surface area (Å²) in [6.45, 7) is 0. The third-order valence-electron chi connectivity index (χ3n) is 9.50. The molecule has 0 atom stereocenters. The Morgan fingerprint density at radius 3 is 1.33 bits per heavy atom. The van der Waals surface area contributed by atoms with Crippen molar-refractivity contribution in [3.63, 3.8) is 0 Å². The molecule has 4 heteroatoms. The van der Waals surface area contributed by atoms with E-state index in [1.807, 2.05) is 72.0 Å². The average Bonchev–Trinajstić information content (AvgIpc) is 3.56. The molecule has 0 saturated heterocycles. The lowest BCUT2D eigenvalue weighted by Crippen LogP contribution is -2.00. The lowest BCUT2D eigenvalue weighted by molar-refractivity contribution is 1.07. The summed E-state index contributed by atoms with van der Waals surface area (Å²) in [6, 6.07) is 58.1. The molecule has 8 aromatic carbocycles. The van der Waals surface area contributed by atoms with Gasteiger partial charge in [-0.2, -0.15) is 0 Å². The number of nitrogens with zero attached hydrogens (tertiary/aromatic N) is 3. The first kappa shape index (κ1) is 27.8. The van der Waals surface area contributed by atoms with E-state index in [1.54, 1.807) is 0 Å². The second-order valence-electron chi connectivity index (χ2n) is 12.4. The topological polar surface area (TPSA) is 38.7 Å². The van der Waals surface area contributed by atoms with Crippen LogP contribution < -0.4 is 0 Å². The summed E-state index contributed by atoms with van der Waals surface area (Å²) in [5, 5.41) is 9.96. The standard InChI is InChI=1S/C45H27N3S/c1-3-11-28(12-4-1)43-46-44(29-13-5-2-6-14-29)48-45(47-43)32-20-23-36-38-25-30(19-22-35(38)33-15-7-8-16-34(33)39(36)27-32)31-21-24-42-40(26-31)37-17-9-10-18-41(37)49-42/h1-27H. The minimum Gasteiger partial charge on any atom is -0.208 e. The molecular formula is C45H27N3S. The first-order valence-electron chi connectivity index (χ1n) is 16.4. The minimum atomic E-state index is 0.656. The number of fused-ring (bicyclic) bond motifs is 9. The third kappa shape index (κ3) is 4.68. The molecule has 0 amide bonds. The van der Waals surface area contributed by atoms with Gasteiger partial charge in [-0.25, -0.2) is 15.0 Å². The number of aromatic nitrogens is 3. The third-order valence-corrected chi connectivity index (χ3v) is 10.7. The van der Waals surface area contributed by atoms with Crippen molar-refractivity contribution in [1.29, 1.82) is 0 Å². The summed E-state index contributed by atoms with van der Waals surface area (Å²) >= 11 is 1.86. The van der Waals surface area contributed by atoms with Crippen molar-refractivity contribution in [1.82, 2.24) is 15.0 Å². The molecule has 0 fully saturated rings. The van der Waals surface area contributed by atoms with Gasteiger partial charge in [0.2, 0.25) is 0 Å². The molecule has 0 aliphatic carbocycles. The fourth-order valence-corrected chi connectivity index (χ4v) is 8.21. The highest BCUT2D eigenvalue weighted by Gasteiger charge is 2.16. The van der Waals surface area contributed by atoms with Crippen molar-refractivity contribution in [2.75, 3.05) is 0 Å². The van der Waals surface area contributed by atoms with Gasteiger partial charge in [-0.3, -0.25) is 0 Å². The lowest BCUT2D eigenvalue weighted by Gasteiger charge is -2.14. The highest BCUT2D eigenvalue weighted by atomic mass is 32.1. The van der Waals surface area contributed by atoms with Gasteiger partial charge >= 0.3 is 0 Å². The Morgan fingerprint density at radius 2 is 0.673 bits per heavy atom. The predicted molar refractivity (Wildman–Crippen MR) is 207 cm³/mol. The summed E-state index contributed by atoms with van der Waals surface area (Å²) in [5.74, 6) is 1.98. The quantitative estimate of drug-likeness (QED) is 0.180. The van der Waals surface area contributed by atoms with Crippen LogP contribution >= 0.6 is 11.3 Å². The Labute approximate surface area is 286 Å². The lowest BCUT2D eigenvalue weighted by atomic mass is 9.91. The molecule has 10 aromatic rings. The van der Waals surface area contributed by atoms with E-state index in [4.69, 9.17) is 15.0 Å². The van der Waals surface area contributed by atoms with Crippen LogP contribution in [0.3, 0.4) is 0 Å². The normalized spacial score (nSPS) is 11.7. The average molecular weight is 642 g/mol. The smallest absolute Gasteiger partial charge is 0.164 e. The van der Waals surface area contributed by atoms with E-state index in [-0.39, 0.29) is 0 Å². The van der Waals surface area contributed by atoms with Crippen molar-refractivity contribution >= 4 is 63.8 Å². The SMILES string of the molecule is c1ccc(-c2nc(-c3ccccc3)nc(-c3ccc4c5cc(-c6ccc7sc8ccccc8c7c6)ccc5c5ccccc5c4c3)n2)cc1. The molecule has 0 unspecified atom stereocenters. The molecule has 2 heterocycles. The van der Waals surface area contributed by atoms with Crippen molar-refractivity contribution in [2.24, 2.45) is 0 Å². The zero-order chi connectivity index (χ0) is 32.3. The van der Waals surface area contributed by atoms with E-state index < -0.39 is 0 Å². The van der Waals surface area contributed by atoms with Gasteiger partial charge in [-0.15, -0.1) is 11.3 Å². The van der Waals surface area contributed by atoms with Gasteiger partial charge in [0, 0.05) is 36.9 Å². The van der Waals surface area contributed by atoms with E-state index in [2.05, 4.69) is 103 Å². The molecule has 0 saturated carbocycles. The number of hydrogen-bond acceptors (Lipinski definition) is 4. The minimum absolute atomic E-state index is 0.656. The van der Waals surface area contributed by atoms with E-state index in [9.17, 15) is 0 Å². The van der Waals surface area contributed by atoms with Gasteiger partial charge in [0.1, 0.15) is 0 Å². The Morgan fingerprint density at radius 1 is 0.265 bits per heavy atom. The Kier molecular flexibility index (Phi) is 6.36. The number of benzene rings is 8. The second kappa shape index (κ2) is 11.2. The monoisotopic (exact) mass is 641 g/mol. The fraction of sp³-hybridized carbons (Fsp3) is 0. The molecular weight excluding hydrogens is 615 g/mol. The molecule has 2 aromatic heterocycles. The van der Waals surface area contributed by atoms with Crippen LogP contribution in [0.2, 0.25) is 0 Å². The van der Waals surface area contributed by atoms with Gasteiger partial charge in [-0.1, -0.05) is 133 Å². The molecule has 0 aliphatic rings. The van der Waals surface area contributed by atoms with Crippen LogP contribution in [0.4, 0.5) is 0 Å². The fourth-order valence-electron chi connectivity index (χ4n) is 7.12. The van der Waals surface area contributed by atoms with E-state index in [0.717, 1.165) is 16.7 Å². The first-order chi connectivity index (χ1) is 24.3. The number of rotatable bonds is 4. The van der Waals surface area contributed by atoms with Gasteiger partial charge in [-0.05, 0) is 73.8 Å². The van der Waals surface area contributed by atoms with E-state index in [1.165, 1.54) is 63.6 Å². The molecule has 0 spiro atoms. The molecule has 0 radical (unpaired) electrons. The molecule has 49 heavy (non-hydrogen) atoms. The van der Waals surface area contributed by atoms with Gasteiger partial charge in [0.05, 0.1) is 0 Å². The summed E-state index contributed by atoms with van der Waals surface area (Å²) < 4.78 is 2.64. The Hall–Kier alpha value is -6.23. The van der Waals surface area contributed by atoms with Crippen molar-refractivity contribution < 1.29 is 0 Å². The Balaban J connectivity index is 1.18. The van der Waals surface area contributed by atoms with Crippen LogP contribution in [0.1, 0.15) is 0 Å². The summed E-state index contributed by atoms with van der Waals surface area (Å²) in [6.07, 6.45) is 0. The highest BCUT2D eigenvalue weighted by Crippen LogP contribution is 2.41. The zero-order valence-electron chi connectivity index (χ0n) is 26.3. The largest absolute Gasteiger partial charge is 0.208 e. The maximum Gasteiger partial charge on any atom is 0.164 e. The number of hydrogen-bond donors (Lipinski definition) is 0. The second-order valence-corrected chi connectivity index (χ2v) is 13.5.